The van der Waals surface area contributed by atoms with Crippen molar-refractivity contribution in [1.29, 1.82) is 0 Å². The number of hydrogen-bond donors (Lipinski definition) is 1. The Morgan fingerprint density at radius 1 is 1.38 bits per heavy atom. The van der Waals surface area contributed by atoms with Crippen LogP contribution in [0.1, 0.15) is 26.2 Å². The Morgan fingerprint density at radius 2 is 2.05 bits per heavy atom. The molecule has 1 aliphatic rings. The molecular weight excluding hydrogens is 328 g/mol. The van der Waals surface area contributed by atoms with Gasteiger partial charge in [0.05, 0.1) is 4.90 Å². The minimum absolute atomic E-state index is 0.197. The molecule has 1 aromatic carbocycles. The number of amidine groups is 1. The lowest BCUT2D eigenvalue weighted by Crippen LogP contribution is -2.29. The second-order valence-electron chi connectivity index (χ2n) is 5.00. The lowest BCUT2D eigenvalue weighted by Gasteiger charge is -2.10. The summed E-state index contributed by atoms with van der Waals surface area (Å²) in [7, 11) is -3.59. The summed E-state index contributed by atoms with van der Waals surface area (Å²) in [5, 5.41) is 0.996. The number of thioether (sulfide) groups is 1. The van der Waals surface area contributed by atoms with Gasteiger partial charge in [-0.1, -0.05) is 30.3 Å². The molecule has 21 heavy (non-hydrogen) atoms. The third-order valence-corrected chi connectivity index (χ3v) is 5.86. The number of nitrogens with zero attached hydrogens (tertiary/aromatic N) is 1. The lowest BCUT2D eigenvalue weighted by atomic mass is 10.4. The summed E-state index contributed by atoms with van der Waals surface area (Å²) >= 11 is 7.27. The van der Waals surface area contributed by atoms with Crippen molar-refractivity contribution < 1.29 is 8.42 Å². The first-order valence-electron chi connectivity index (χ1n) is 6.97. The molecule has 1 saturated carbocycles. The summed E-state index contributed by atoms with van der Waals surface area (Å²) < 4.78 is 27.2. The quantitative estimate of drug-likeness (QED) is 0.633. The van der Waals surface area contributed by atoms with Crippen molar-refractivity contribution in [3.63, 3.8) is 0 Å². The zero-order valence-electron chi connectivity index (χ0n) is 11.9. The Labute approximate surface area is 135 Å². The molecule has 0 atom stereocenters. The van der Waals surface area contributed by atoms with Crippen molar-refractivity contribution >= 4 is 38.6 Å². The van der Waals surface area contributed by atoms with Gasteiger partial charge in [-0.25, -0.2) is 8.42 Å². The molecule has 1 aromatic rings. The summed E-state index contributed by atoms with van der Waals surface area (Å²) in [5.41, 5.74) is 0. The monoisotopic (exact) mass is 346 g/mol. The van der Waals surface area contributed by atoms with Crippen LogP contribution in [0, 0.1) is 5.92 Å². The Balaban J connectivity index is 2.07. The molecule has 0 bridgehead atoms. The number of hydrogen-bond acceptors (Lipinski definition) is 4. The summed E-state index contributed by atoms with van der Waals surface area (Å²) in [5.74, 6) is 1.63. The first-order valence-corrected chi connectivity index (χ1v) is 9.81. The number of aliphatic imine (C=N–C) groups is 1. The smallest absolute Gasteiger partial charge is 0.262 e. The molecule has 0 heterocycles. The predicted molar refractivity (Wildman–Crippen MR) is 89.5 cm³/mol. The van der Waals surface area contributed by atoms with E-state index in [-0.39, 0.29) is 4.90 Å². The second-order valence-corrected chi connectivity index (χ2v) is 8.13. The summed E-state index contributed by atoms with van der Waals surface area (Å²) in [6, 6.07) is 6.12. The molecule has 0 aliphatic heterocycles. The van der Waals surface area contributed by atoms with Gasteiger partial charge in [-0.15, -0.1) is 0 Å². The van der Waals surface area contributed by atoms with Gasteiger partial charge in [-0.05, 0) is 49.4 Å². The van der Waals surface area contributed by atoms with Crippen LogP contribution in [0.15, 0.2) is 34.2 Å². The van der Waals surface area contributed by atoms with E-state index >= 15 is 0 Å². The maximum atomic E-state index is 12.3. The van der Waals surface area contributed by atoms with E-state index in [9.17, 15) is 8.42 Å². The van der Waals surface area contributed by atoms with Crippen LogP contribution in [-0.2, 0) is 10.0 Å². The fourth-order valence-corrected chi connectivity index (χ4v) is 4.10. The molecular formula is C14H19ClN2O2S2. The molecule has 2 rings (SSSR count). The molecule has 1 N–H and O–H groups in total. The average molecular weight is 347 g/mol. The van der Waals surface area contributed by atoms with Crippen LogP contribution in [0.2, 0.25) is 5.02 Å². The van der Waals surface area contributed by atoms with Crippen molar-refractivity contribution in [2.75, 3.05) is 12.3 Å². The number of sulfonamides is 1. The largest absolute Gasteiger partial charge is 0.263 e. The Morgan fingerprint density at radius 3 is 2.62 bits per heavy atom. The second kappa shape index (κ2) is 7.51. The number of benzene rings is 1. The van der Waals surface area contributed by atoms with Crippen LogP contribution in [-0.4, -0.2) is 25.9 Å². The highest BCUT2D eigenvalue weighted by Gasteiger charge is 2.23. The van der Waals surface area contributed by atoms with Crippen molar-refractivity contribution in [2.24, 2.45) is 10.9 Å². The third kappa shape index (κ3) is 5.52. The van der Waals surface area contributed by atoms with Gasteiger partial charge in [-0.2, -0.15) is 0 Å². The molecule has 0 radical (unpaired) electrons. The average Bonchev–Trinajstić information content (AvgIpc) is 3.26. The van der Waals surface area contributed by atoms with Crippen molar-refractivity contribution in [3.05, 3.63) is 29.3 Å². The van der Waals surface area contributed by atoms with E-state index in [2.05, 4.69) is 9.71 Å². The van der Waals surface area contributed by atoms with E-state index in [4.69, 9.17) is 11.6 Å². The Hall–Kier alpha value is -0.720. The standard InChI is InChI=1S/C14H19ClN2O2S2/c1-2-9-16-14(20-10-11-3-4-11)17-21(18,19)13-7-5-12(15)6-8-13/h5-8,11H,2-4,9-10H2,1H3,(H,16,17). The third-order valence-electron chi connectivity index (χ3n) is 2.98. The van der Waals surface area contributed by atoms with Gasteiger partial charge in [-0.3, -0.25) is 9.71 Å². The van der Waals surface area contributed by atoms with E-state index < -0.39 is 10.0 Å². The zero-order chi connectivity index (χ0) is 15.3. The molecule has 7 heteroatoms. The van der Waals surface area contributed by atoms with Gasteiger partial charge in [0.15, 0.2) is 5.17 Å². The molecule has 0 unspecified atom stereocenters. The molecule has 1 aliphatic carbocycles. The maximum Gasteiger partial charge on any atom is 0.263 e. The van der Waals surface area contributed by atoms with Crippen LogP contribution in [0.25, 0.3) is 0 Å². The Kier molecular flexibility index (Phi) is 5.96. The van der Waals surface area contributed by atoms with Gasteiger partial charge in [0, 0.05) is 17.3 Å². The van der Waals surface area contributed by atoms with Crippen LogP contribution >= 0.6 is 23.4 Å². The van der Waals surface area contributed by atoms with Crippen LogP contribution in [0.3, 0.4) is 0 Å². The minimum Gasteiger partial charge on any atom is -0.262 e. The normalized spacial score (nSPS) is 16.0. The van der Waals surface area contributed by atoms with E-state index in [1.54, 1.807) is 12.1 Å². The topological polar surface area (TPSA) is 58.5 Å². The lowest BCUT2D eigenvalue weighted by molar-refractivity contribution is 0.593. The van der Waals surface area contributed by atoms with Crippen molar-refractivity contribution in [1.82, 2.24) is 4.72 Å². The minimum atomic E-state index is -3.59. The maximum absolute atomic E-state index is 12.3. The number of nitrogens with one attached hydrogen (secondary N) is 1. The summed E-state index contributed by atoms with van der Waals surface area (Å²) in [4.78, 5) is 4.53. The van der Waals surface area contributed by atoms with Gasteiger partial charge >= 0.3 is 0 Å². The molecule has 116 valence electrons. The van der Waals surface area contributed by atoms with E-state index in [0.717, 1.165) is 12.2 Å². The zero-order valence-corrected chi connectivity index (χ0v) is 14.3. The molecule has 0 spiro atoms. The fourth-order valence-electron chi connectivity index (χ4n) is 1.59. The highest BCUT2D eigenvalue weighted by atomic mass is 35.5. The summed E-state index contributed by atoms with van der Waals surface area (Å²) in [6.45, 7) is 2.64. The summed E-state index contributed by atoms with van der Waals surface area (Å²) in [6.07, 6.45) is 3.35. The highest BCUT2D eigenvalue weighted by molar-refractivity contribution is 8.14. The Bertz CT molecular complexity index is 596. The number of halogens is 1. The van der Waals surface area contributed by atoms with Crippen LogP contribution in [0.4, 0.5) is 0 Å². The SMILES string of the molecule is CCCN=C(NS(=O)(=O)c1ccc(Cl)cc1)SCC1CC1. The first-order chi connectivity index (χ1) is 10.0. The molecule has 0 saturated heterocycles. The van der Waals surface area contributed by atoms with Crippen molar-refractivity contribution in [3.8, 4) is 0 Å². The van der Waals surface area contributed by atoms with Gasteiger partial charge in [0.1, 0.15) is 0 Å². The molecule has 0 amide bonds. The molecule has 4 nitrogen and oxygen atoms in total. The van der Waals surface area contributed by atoms with Crippen LogP contribution < -0.4 is 4.72 Å². The number of rotatable bonds is 6. The first kappa shape index (κ1) is 16.6. The van der Waals surface area contributed by atoms with E-state index in [1.165, 1.54) is 36.7 Å². The van der Waals surface area contributed by atoms with Crippen molar-refractivity contribution in [2.45, 2.75) is 31.1 Å². The molecule has 0 aromatic heterocycles. The highest BCUT2D eigenvalue weighted by Crippen LogP contribution is 2.32. The van der Waals surface area contributed by atoms with E-state index in [0.29, 0.717) is 22.7 Å². The van der Waals surface area contributed by atoms with Gasteiger partial charge < -0.3 is 0 Å². The predicted octanol–water partition coefficient (Wildman–Crippen LogP) is 3.53. The fraction of sp³-hybridized carbons (Fsp3) is 0.500. The van der Waals surface area contributed by atoms with Gasteiger partial charge in [0.2, 0.25) is 0 Å². The molecule has 1 fully saturated rings. The van der Waals surface area contributed by atoms with Crippen LogP contribution in [0.5, 0.6) is 0 Å². The van der Waals surface area contributed by atoms with E-state index in [1.807, 2.05) is 6.92 Å². The van der Waals surface area contributed by atoms with Gasteiger partial charge in [0.25, 0.3) is 10.0 Å².